The summed E-state index contributed by atoms with van der Waals surface area (Å²) in [6.07, 6.45) is 0.918. The summed E-state index contributed by atoms with van der Waals surface area (Å²) in [5.74, 6) is -0.121. The van der Waals surface area contributed by atoms with Crippen molar-refractivity contribution in [2.45, 2.75) is 31.9 Å². The van der Waals surface area contributed by atoms with E-state index >= 15 is 0 Å². The van der Waals surface area contributed by atoms with Crippen LogP contribution in [0.3, 0.4) is 0 Å². The van der Waals surface area contributed by atoms with Gasteiger partial charge in [0.15, 0.2) is 0 Å². The zero-order valence-electron chi connectivity index (χ0n) is 7.99. The zero-order valence-corrected chi connectivity index (χ0v) is 7.99. The van der Waals surface area contributed by atoms with Gasteiger partial charge >= 0.3 is 0 Å². The van der Waals surface area contributed by atoms with Gasteiger partial charge in [-0.15, -0.1) is 0 Å². The first-order valence-electron chi connectivity index (χ1n) is 4.41. The lowest BCUT2D eigenvalue weighted by Crippen LogP contribution is -2.40. The average Bonchev–Trinajstić information content (AvgIpc) is 2.50. The first-order chi connectivity index (χ1) is 6.16. The highest BCUT2D eigenvalue weighted by Gasteiger charge is 2.30. The van der Waals surface area contributed by atoms with Crippen LogP contribution in [0.5, 0.6) is 0 Å². The maximum atomic E-state index is 11.3. The molecule has 2 atom stereocenters. The quantitative estimate of drug-likeness (QED) is 0.626. The van der Waals surface area contributed by atoms with Gasteiger partial charge in [0.2, 0.25) is 5.91 Å². The molecule has 0 spiro atoms. The van der Waals surface area contributed by atoms with Crippen LogP contribution >= 0.6 is 0 Å². The van der Waals surface area contributed by atoms with Crippen LogP contribution in [0.2, 0.25) is 0 Å². The second-order valence-electron chi connectivity index (χ2n) is 3.27. The second-order valence-corrected chi connectivity index (χ2v) is 3.27. The van der Waals surface area contributed by atoms with Crippen molar-refractivity contribution in [3.05, 3.63) is 0 Å². The third-order valence-corrected chi connectivity index (χ3v) is 2.46. The van der Waals surface area contributed by atoms with Gasteiger partial charge in [0.1, 0.15) is 6.42 Å². The minimum atomic E-state index is -0.121. The van der Waals surface area contributed by atoms with Gasteiger partial charge in [0.25, 0.3) is 0 Å². The van der Waals surface area contributed by atoms with Crippen LogP contribution in [-0.4, -0.2) is 36.6 Å². The molecule has 1 saturated heterocycles. The van der Waals surface area contributed by atoms with E-state index in [0.29, 0.717) is 6.61 Å². The molecule has 13 heavy (non-hydrogen) atoms. The highest BCUT2D eigenvalue weighted by molar-refractivity contribution is 5.78. The lowest BCUT2D eigenvalue weighted by molar-refractivity contribution is -0.131. The Balaban J connectivity index is 2.51. The molecule has 2 unspecified atom stereocenters. The molecule has 0 N–H and O–H groups in total. The number of carbonyl (C=O) groups excluding carboxylic acids is 1. The van der Waals surface area contributed by atoms with Crippen LogP contribution in [0.25, 0.3) is 0 Å². The molecule has 4 heteroatoms. The van der Waals surface area contributed by atoms with Crippen LogP contribution in [-0.2, 0) is 9.53 Å². The van der Waals surface area contributed by atoms with E-state index in [1.54, 1.807) is 11.9 Å². The smallest absolute Gasteiger partial charge is 0.236 e. The van der Waals surface area contributed by atoms with E-state index in [1.165, 1.54) is 0 Å². The van der Waals surface area contributed by atoms with Crippen LogP contribution < -0.4 is 0 Å². The van der Waals surface area contributed by atoms with Crippen molar-refractivity contribution in [1.82, 2.24) is 4.90 Å². The molecule has 1 fully saturated rings. The lowest BCUT2D eigenvalue weighted by atomic mass is 10.1. The van der Waals surface area contributed by atoms with Gasteiger partial charge in [0, 0.05) is 13.7 Å². The van der Waals surface area contributed by atoms with Crippen molar-refractivity contribution >= 4 is 5.91 Å². The number of nitriles is 1. The highest BCUT2D eigenvalue weighted by atomic mass is 16.5. The Morgan fingerprint density at radius 2 is 2.46 bits per heavy atom. The van der Waals surface area contributed by atoms with Gasteiger partial charge in [0.05, 0.1) is 18.2 Å². The van der Waals surface area contributed by atoms with Crippen molar-refractivity contribution in [3.8, 4) is 6.07 Å². The van der Waals surface area contributed by atoms with Crippen molar-refractivity contribution in [1.29, 1.82) is 5.26 Å². The molecular formula is C9H14N2O2. The first-order valence-corrected chi connectivity index (χ1v) is 4.41. The van der Waals surface area contributed by atoms with Crippen molar-refractivity contribution in [2.24, 2.45) is 0 Å². The second kappa shape index (κ2) is 4.24. The highest BCUT2D eigenvalue weighted by Crippen LogP contribution is 2.18. The predicted octanol–water partition coefficient (Wildman–Crippen LogP) is 0.536. The molecule has 0 bridgehead atoms. The Kier molecular flexibility index (Phi) is 3.26. The maximum Gasteiger partial charge on any atom is 0.236 e. The van der Waals surface area contributed by atoms with E-state index < -0.39 is 0 Å². The van der Waals surface area contributed by atoms with Gasteiger partial charge in [-0.3, -0.25) is 4.79 Å². The minimum Gasteiger partial charge on any atom is -0.376 e. The average molecular weight is 182 g/mol. The molecule has 0 aromatic carbocycles. The molecule has 4 nitrogen and oxygen atoms in total. The van der Waals surface area contributed by atoms with Gasteiger partial charge in [-0.2, -0.15) is 5.26 Å². The van der Waals surface area contributed by atoms with E-state index in [2.05, 4.69) is 0 Å². The van der Waals surface area contributed by atoms with Crippen LogP contribution in [0.1, 0.15) is 19.8 Å². The summed E-state index contributed by atoms with van der Waals surface area (Å²) in [7, 11) is 1.73. The maximum absolute atomic E-state index is 11.3. The fraction of sp³-hybridized carbons (Fsp3) is 0.778. The molecule has 1 heterocycles. The molecule has 72 valence electrons. The number of hydrogen-bond donors (Lipinski definition) is 0. The zero-order chi connectivity index (χ0) is 9.84. The topological polar surface area (TPSA) is 53.3 Å². The Hall–Kier alpha value is -1.08. The fourth-order valence-corrected chi connectivity index (χ4v) is 1.61. The number of nitrogens with zero attached hydrogens (tertiary/aromatic N) is 2. The summed E-state index contributed by atoms with van der Waals surface area (Å²) in [6, 6.07) is 1.99. The monoisotopic (exact) mass is 182 g/mol. The van der Waals surface area contributed by atoms with Crippen LogP contribution in [0.4, 0.5) is 0 Å². The predicted molar refractivity (Wildman–Crippen MR) is 46.8 cm³/mol. The molecule has 0 aromatic rings. The van der Waals surface area contributed by atoms with Gasteiger partial charge in [-0.1, -0.05) is 0 Å². The standard InChI is InChI=1S/C9H14N2O2/c1-7-8(4-6-13-7)11(2)9(12)3-5-10/h7-8H,3-4,6H2,1-2H3. The third kappa shape index (κ3) is 2.19. The molecule has 0 aliphatic carbocycles. The van der Waals surface area contributed by atoms with Crippen molar-refractivity contribution < 1.29 is 9.53 Å². The molecular weight excluding hydrogens is 168 g/mol. The molecule has 0 radical (unpaired) electrons. The first kappa shape index (κ1) is 10.0. The summed E-state index contributed by atoms with van der Waals surface area (Å²) in [5, 5.41) is 8.37. The normalized spacial score (nSPS) is 26.8. The van der Waals surface area contributed by atoms with E-state index in [0.717, 1.165) is 6.42 Å². The molecule has 1 aliphatic rings. The minimum absolute atomic E-state index is 0.0419. The Morgan fingerprint density at radius 3 is 2.92 bits per heavy atom. The number of amides is 1. The van der Waals surface area contributed by atoms with Crippen LogP contribution in [0, 0.1) is 11.3 Å². The number of likely N-dealkylation sites (N-methyl/N-ethyl adjacent to an activating group) is 1. The molecule has 0 saturated carbocycles. The number of hydrogen-bond acceptors (Lipinski definition) is 3. The largest absolute Gasteiger partial charge is 0.376 e. The number of ether oxygens (including phenoxy) is 1. The Labute approximate surface area is 78.1 Å². The molecule has 1 rings (SSSR count). The summed E-state index contributed by atoms with van der Waals surface area (Å²) < 4.78 is 5.34. The van der Waals surface area contributed by atoms with Gasteiger partial charge in [-0.25, -0.2) is 0 Å². The van der Waals surface area contributed by atoms with E-state index in [4.69, 9.17) is 10.00 Å². The van der Waals surface area contributed by atoms with E-state index in [9.17, 15) is 4.79 Å². The molecule has 1 amide bonds. The van der Waals surface area contributed by atoms with E-state index in [-0.39, 0.29) is 24.5 Å². The van der Waals surface area contributed by atoms with E-state index in [1.807, 2.05) is 13.0 Å². The molecule has 0 aromatic heterocycles. The lowest BCUT2D eigenvalue weighted by Gasteiger charge is -2.25. The Morgan fingerprint density at radius 1 is 1.77 bits per heavy atom. The van der Waals surface area contributed by atoms with Gasteiger partial charge in [-0.05, 0) is 13.3 Å². The summed E-state index contributed by atoms with van der Waals surface area (Å²) in [4.78, 5) is 12.9. The van der Waals surface area contributed by atoms with Crippen LogP contribution in [0.15, 0.2) is 0 Å². The molecule has 1 aliphatic heterocycles. The Bertz CT molecular complexity index is 234. The van der Waals surface area contributed by atoms with Gasteiger partial charge < -0.3 is 9.64 Å². The SMILES string of the molecule is CC1OCCC1N(C)C(=O)CC#N. The number of carbonyl (C=O) groups is 1. The fourth-order valence-electron chi connectivity index (χ4n) is 1.61. The summed E-state index contributed by atoms with van der Waals surface area (Å²) >= 11 is 0. The summed E-state index contributed by atoms with van der Waals surface area (Å²) in [5.41, 5.74) is 0. The van der Waals surface area contributed by atoms with Crippen molar-refractivity contribution in [3.63, 3.8) is 0 Å². The summed E-state index contributed by atoms with van der Waals surface area (Å²) in [6.45, 7) is 2.66. The number of rotatable bonds is 2. The third-order valence-electron chi connectivity index (χ3n) is 2.46. The van der Waals surface area contributed by atoms with Crippen molar-refractivity contribution in [2.75, 3.05) is 13.7 Å².